The van der Waals surface area contributed by atoms with Gasteiger partial charge in [-0.25, -0.2) is 4.98 Å². The maximum atomic E-state index is 12.4. The first-order chi connectivity index (χ1) is 15.4. The van der Waals surface area contributed by atoms with Crippen molar-refractivity contribution in [3.05, 3.63) is 88.2 Å². The number of aryl methyl sites for hydroxylation is 1. The van der Waals surface area contributed by atoms with Crippen LogP contribution in [0.15, 0.2) is 60.8 Å². The lowest BCUT2D eigenvalue weighted by Crippen LogP contribution is -2.28. The molecule has 32 heavy (non-hydrogen) atoms. The van der Waals surface area contributed by atoms with E-state index in [1.54, 1.807) is 24.9 Å². The highest BCUT2D eigenvalue weighted by atomic mass is 35.5. The molecule has 0 aliphatic rings. The molecular weight excluding hydrogens is 424 g/mol. The summed E-state index contributed by atoms with van der Waals surface area (Å²) in [6.07, 6.45) is 1.72. The molecule has 3 rings (SSSR count). The second kappa shape index (κ2) is 10.9. The van der Waals surface area contributed by atoms with Gasteiger partial charge >= 0.3 is 5.97 Å². The minimum Gasteiger partial charge on any atom is -0.466 e. The SMILES string of the molecule is CCOC(=O)Cc1cnc(Cl)c(-c2ccc(C)cc2CN(Cc2ccccc2)C(C)=O)c1. The smallest absolute Gasteiger partial charge is 0.310 e. The second-order valence-corrected chi connectivity index (χ2v) is 8.04. The molecule has 0 aliphatic heterocycles. The Hall–Kier alpha value is -3.18. The number of nitrogens with zero attached hydrogens (tertiary/aromatic N) is 2. The number of esters is 1. The Morgan fingerprint density at radius 3 is 2.44 bits per heavy atom. The van der Waals surface area contributed by atoms with Crippen LogP contribution in [0.4, 0.5) is 0 Å². The largest absolute Gasteiger partial charge is 0.466 e. The summed E-state index contributed by atoms with van der Waals surface area (Å²) in [6, 6.07) is 17.8. The van der Waals surface area contributed by atoms with Crippen molar-refractivity contribution in [3.63, 3.8) is 0 Å². The predicted molar refractivity (Wildman–Crippen MR) is 126 cm³/mol. The second-order valence-electron chi connectivity index (χ2n) is 7.69. The van der Waals surface area contributed by atoms with Gasteiger partial charge in [-0.05, 0) is 42.2 Å². The van der Waals surface area contributed by atoms with E-state index in [-0.39, 0.29) is 18.3 Å². The zero-order valence-electron chi connectivity index (χ0n) is 18.6. The van der Waals surface area contributed by atoms with E-state index in [1.807, 2.05) is 55.5 Å². The van der Waals surface area contributed by atoms with E-state index in [0.29, 0.717) is 24.8 Å². The van der Waals surface area contributed by atoms with Crippen LogP contribution in [0.3, 0.4) is 0 Å². The highest BCUT2D eigenvalue weighted by Crippen LogP contribution is 2.32. The first-order valence-corrected chi connectivity index (χ1v) is 10.9. The average molecular weight is 451 g/mol. The van der Waals surface area contributed by atoms with E-state index in [1.165, 1.54) is 0 Å². The number of amides is 1. The van der Waals surface area contributed by atoms with Crippen molar-refractivity contribution in [1.82, 2.24) is 9.88 Å². The van der Waals surface area contributed by atoms with Gasteiger partial charge in [0.1, 0.15) is 5.15 Å². The van der Waals surface area contributed by atoms with Gasteiger partial charge in [0.05, 0.1) is 13.0 Å². The zero-order chi connectivity index (χ0) is 23.1. The minimum atomic E-state index is -0.308. The predicted octanol–water partition coefficient (Wildman–Crippen LogP) is 5.36. The molecule has 1 amide bonds. The van der Waals surface area contributed by atoms with Crippen molar-refractivity contribution in [2.75, 3.05) is 6.61 Å². The van der Waals surface area contributed by atoms with Crippen molar-refractivity contribution in [2.45, 2.75) is 40.3 Å². The van der Waals surface area contributed by atoms with Crippen molar-refractivity contribution < 1.29 is 14.3 Å². The molecule has 0 aliphatic carbocycles. The van der Waals surface area contributed by atoms with E-state index in [2.05, 4.69) is 11.1 Å². The standard InChI is InChI=1S/C26H27ClN2O3/c1-4-32-25(31)14-21-13-24(26(27)28-15-21)23-11-10-18(2)12-22(23)17-29(19(3)30)16-20-8-6-5-7-9-20/h5-13,15H,4,14,16-17H2,1-3H3. The number of pyridine rings is 1. The van der Waals surface area contributed by atoms with Crippen molar-refractivity contribution >= 4 is 23.5 Å². The summed E-state index contributed by atoms with van der Waals surface area (Å²) in [5.41, 5.74) is 5.45. The van der Waals surface area contributed by atoms with Crippen LogP contribution >= 0.6 is 11.6 Å². The highest BCUT2D eigenvalue weighted by Gasteiger charge is 2.17. The normalized spacial score (nSPS) is 10.6. The number of carbonyl (C=O) groups is 2. The summed E-state index contributed by atoms with van der Waals surface area (Å²) in [4.78, 5) is 30.4. The number of carbonyl (C=O) groups excluding carboxylic acids is 2. The number of hydrogen-bond donors (Lipinski definition) is 0. The summed E-state index contributed by atoms with van der Waals surface area (Å²) in [6.45, 7) is 6.64. The summed E-state index contributed by atoms with van der Waals surface area (Å²) < 4.78 is 5.05. The van der Waals surface area contributed by atoms with Gasteiger partial charge in [0.2, 0.25) is 5.91 Å². The maximum Gasteiger partial charge on any atom is 0.310 e. The molecule has 0 unspecified atom stereocenters. The summed E-state index contributed by atoms with van der Waals surface area (Å²) in [5, 5.41) is 0.347. The fourth-order valence-electron chi connectivity index (χ4n) is 3.56. The number of hydrogen-bond acceptors (Lipinski definition) is 4. The van der Waals surface area contributed by atoms with Gasteiger partial charge in [-0.15, -0.1) is 0 Å². The number of aromatic nitrogens is 1. The summed E-state index contributed by atoms with van der Waals surface area (Å²) in [5.74, 6) is -0.320. The molecule has 0 saturated heterocycles. The van der Waals surface area contributed by atoms with Crippen molar-refractivity contribution in [2.24, 2.45) is 0 Å². The first kappa shape index (κ1) is 23.5. The lowest BCUT2D eigenvalue weighted by Gasteiger charge is -2.23. The van der Waals surface area contributed by atoms with E-state index < -0.39 is 0 Å². The molecular formula is C26H27ClN2O3. The van der Waals surface area contributed by atoms with E-state index in [9.17, 15) is 9.59 Å². The Labute approximate surface area is 194 Å². The van der Waals surface area contributed by atoms with Crippen LogP contribution in [0.1, 0.15) is 36.1 Å². The number of benzene rings is 2. The molecule has 0 N–H and O–H groups in total. The van der Waals surface area contributed by atoms with Gasteiger partial charge in [-0.3, -0.25) is 9.59 Å². The fraction of sp³-hybridized carbons (Fsp3) is 0.269. The van der Waals surface area contributed by atoms with Gasteiger partial charge in [0, 0.05) is 31.8 Å². The van der Waals surface area contributed by atoms with Gasteiger partial charge in [0.15, 0.2) is 0 Å². The monoisotopic (exact) mass is 450 g/mol. The van der Waals surface area contributed by atoms with Crippen LogP contribution in [0.25, 0.3) is 11.1 Å². The Morgan fingerprint density at radius 2 is 1.75 bits per heavy atom. The van der Waals surface area contributed by atoms with Crippen molar-refractivity contribution in [1.29, 1.82) is 0 Å². The minimum absolute atomic E-state index is 0.0124. The quantitative estimate of drug-likeness (QED) is 0.342. The van der Waals surface area contributed by atoms with E-state index in [4.69, 9.17) is 16.3 Å². The van der Waals surface area contributed by atoms with Gasteiger partial charge < -0.3 is 9.64 Å². The maximum absolute atomic E-state index is 12.4. The lowest BCUT2D eigenvalue weighted by molar-refractivity contribution is -0.142. The number of ether oxygens (including phenoxy) is 1. The van der Waals surface area contributed by atoms with Crippen LogP contribution in [0.2, 0.25) is 5.15 Å². The zero-order valence-corrected chi connectivity index (χ0v) is 19.4. The third kappa shape index (κ3) is 6.17. The molecule has 6 heteroatoms. The molecule has 0 spiro atoms. The molecule has 0 atom stereocenters. The molecule has 1 heterocycles. The average Bonchev–Trinajstić information content (AvgIpc) is 2.76. The van der Waals surface area contributed by atoms with Gasteiger partial charge in [-0.1, -0.05) is 65.7 Å². The molecule has 0 fully saturated rings. The molecule has 5 nitrogen and oxygen atoms in total. The van der Waals surface area contributed by atoms with Gasteiger partial charge in [0.25, 0.3) is 0 Å². The summed E-state index contributed by atoms with van der Waals surface area (Å²) in [7, 11) is 0. The van der Waals surface area contributed by atoms with Crippen LogP contribution < -0.4 is 0 Å². The molecule has 2 aromatic carbocycles. The molecule has 0 bridgehead atoms. The number of rotatable bonds is 8. The van der Waals surface area contributed by atoms with Gasteiger partial charge in [-0.2, -0.15) is 0 Å². The lowest BCUT2D eigenvalue weighted by atomic mass is 9.97. The third-order valence-electron chi connectivity index (χ3n) is 5.12. The molecule has 0 saturated carbocycles. The molecule has 1 aromatic heterocycles. The summed E-state index contributed by atoms with van der Waals surface area (Å²) >= 11 is 6.46. The first-order valence-electron chi connectivity index (χ1n) is 10.6. The van der Waals surface area contributed by atoms with Crippen LogP contribution in [-0.4, -0.2) is 28.4 Å². The third-order valence-corrected chi connectivity index (χ3v) is 5.42. The van der Waals surface area contributed by atoms with Crippen LogP contribution in [-0.2, 0) is 33.8 Å². The van der Waals surface area contributed by atoms with E-state index >= 15 is 0 Å². The molecule has 166 valence electrons. The Kier molecular flexibility index (Phi) is 8.01. The van der Waals surface area contributed by atoms with E-state index in [0.717, 1.165) is 33.4 Å². The Balaban J connectivity index is 1.95. The Bertz CT molecular complexity index is 1100. The number of halogens is 1. The van der Waals surface area contributed by atoms with Crippen LogP contribution in [0.5, 0.6) is 0 Å². The van der Waals surface area contributed by atoms with Crippen LogP contribution in [0, 0.1) is 6.92 Å². The van der Waals surface area contributed by atoms with Crippen molar-refractivity contribution in [3.8, 4) is 11.1 Å². The Morgan fingerprint density at radius 1 is 1.00 bits per heavy atom. The molecule has 3 aromatic rings. The topological polar surface area (TPSA) is 59.5 Å². The highest BCUT2D eigenvalue weighted by molar-refractivity contribution is 6.32. The fourth-order valence-corrected chi connectivity index (χ4v) is 3.76. The molecule has 0 radical (unpaired) electrons.